The van der Waals surface area contributed by atoms with E-state index in [2.05, 4.69) is 4.98 Å². The molecule has 3 nitrogen and oxygen atoms in total. The summed E-state index contributed by atoms with van der Waals surface area (Å²) in [4.78, 5) is 30.5. The van der Waals surface area contributed by atoms with Gasteiger partial charge >= 0.3 is 0 Å². The molecule has 1 fully saturated rings. The van der Waals surface area contributed by atoms with Crippen molar-refractivity contribution in [3.63, 3.8) is 0 Å². The Labute approximate surface area is 144 Å². The number of benzene rings is 1. The standard InChI is InChI=1S/C18H18ClNO2S/c1-10-16(15-13(21)8-18(2,3)9-14(15)22)20-17(23-10)11-5-4-6-12(19)7-11/h4-7,15H,8-9H2,1-3H3. The number of carbonyl (C=O) groups excluding carboxylic acids is 2. The van der Waals surface area contributed by atoms with Crippen molar-refractivity contribution in [3.8, 4) is 10.6 Å². The van der Waals surface area contributed by atoms with Crippen molar-refractivity contribution >= 4 is 34.5 Å². The number of rotatable bonds is 2. The van der Waals surface area contributed by atoms with Gasteiger partial charge in [-0.2, -0.15) is 0 Å². The van der Waals surface area contributed by atoms with E-state index in [4.69, 9.17) is 11.6 Å². The smallest absolute Gasteiger partial charge is 0.149 e. The molecule has 1 aliphatic carbocycles. The van der Waals surface area contributed by atoms with Gasteiger partial charge in [0.15, 0.2) is 0 Å². The maximum Gasteiger partial charge on any atom is 0.149 e. The van der Waals surface area contributed by atoms with Gasteiger partial charge in [-0.3, -0.25) is 9.59 Å². The predicted octanol–water partition coefficient (Wildman–Crippen LogP) is 4.81. The van der Waals surface area contributed by atoms with E-state index in [1.807, 2.05) is 45.0 Å². The first-order chi connectivity index (χ1) is 10.8. The van der Waals surface area contributed by atoms with E-state index in [-0.39, 0.29) is 17.0 Å². The second-order valence-electron chi connectivity index (χ2n) is 6.85. The lowest BCUT2D eigenvalue weighted by atomic mass is 9.70. The van der Waals surface area contributed by atoms with E-state index >= 15 is 0 Å². The van der Waals surface area contributed by atoms with Crippen LogP contribution >= 0.6 is 22.9 Å². The summed E-state index contributed by atoms with van der Waals surface area (Å²) in [6, 6.07) is 7.45. The van der Waals surface area contributed by atoms with Gasteiger partial charge in [0.1, 0.15) is 22.5 Å². The van der Waals surface area contributed by atoms with Crippen LogP contribution in [0.2, 0.25) is 5.02 Å². The summed E-state index contributed by atoms with van der Waals surface area (Å²) in [6.45, 7) is 5.84. The van der Waals surface area contributed by atoms with Gasteiger partial charge in [0, 0.05) is 28.3 Å². The van der Waals surface area contributed by atoms with Crippen LogP contribution in [0.3, 0.4) is 0 Å². The van der Waals surface area contributed by atoms with E-state index in [1.165, 1.54) is 11.3 Å². The summed E-state index contributed by atoms with van der Waals surface area (Å²) >= 11 is 7.54. The van der Waals surface area contributed by atoms with E-state index in [0.717, 1.165) is 15.4 Å². The van der Waals surface area contributed by atoms with Crippen LogP contribution in [-0.2, 0) is 9.59 Å². The molecule has 1 saturated carbocycles. The van der Waals surface area contributed by atoms with Crippen molar-refractivity contribution in [2.24, 2.45) is 5.41 Å². The number of ketones is 2. The van der Waals surface area contributed by atoms with Crippen molar-refractivity contribution in [2.45, 2.75) is 39.5 Å². The van der Waals surface area contributed by atoms with Crippen LogP contribution in [0.1, 0.15) is 43.2 Å². The zero-order chi connectivity index (χ0) is 16.8. The van der Waals surface area contributed by atoms with E-state index in [9.17, 15) is 9.59 Å². The van der Waals surface area contributed by atoms with Gasteiger partial charge < -0.3 is 0 Å². The molecule has 0 bridgehead atoms. The molecule has 0 aliphatic heterocycles. The van der Waals surface area contributed by atoms with Crippen molar-refractivity contribution in [1.29, 1.82) is 0 Å². The molecule has 0 atom stereocenters. The van der Waals surface area contributed by atoms with Gasteiger partial charge in [0.2, 0.25) is 0 Å². The number of carbonyl (C=O) groups is 2. The molecule has 0 spiro atoms. The molecule has 3 rings (SSSR count). The van der Waals surface area contributed by atoms with Gasteiger partial charge in [-0.15, -0.1) is 11.3 Å². The minimum Gasteiger partial charge on any atom is -0.298 e. The normalized spacial score (nSPS) is 18.4. The van der Waals surface area contributed by atoms with Crippen LogP contribution in [-0.4, -0.2) is 16.6 Å². The molecule has 0 unspecified atom stereocenters. The Bertz CT molecular complexity index is 774. The Morgan fingerprint density at radius 3 is 2.48 bits per heavy atom. The fraction of sp³-hybridized carbons (Fsp3) is 0.389. The molecule has 0 radical (unpaired) electrons. The summed E-state index contributed by atoms with van der Waals surface area (Å²) in [6.07, 6.45) is 0.847. The summed E-state index contributed by atoms with van der Waals surface area (Å²) in [5.74, 6) is -0.734. The van der Waals surface area contributed by atoms with Crippen molar-refractivity contribution in [2.75, 3.05) is 0 Å². The first-order valence-corrected chi connectivity index (χ1v) is 8.75. The molecular formula is C18H18ClNO2S. The second kappa shape index (κ2) is 5.84. The first kappa shape index (κ1) is 16.3. The fourth-order valence-corrected chi connectivity index (χ4v) is 4.25. The van der Waals surface area contributed by atoms with Crippen molar-refractivity contribution in [3.05, 3.63) is 39.9 Å². The van der Waals surface area contributed by atoms with Crippen LogP contribution in [0.15, 0.2) is 24.3 Å². The largest absolute Gasteiger partial charge is 0.298 e. The molecule has 5 heteroatoms. The Kier molecular flexibility index (Phi) is 4.15. The number of halogens is 1. The number of Topliss-reactive ketones (excluding diaryl/α,β-unsaturated/α-hetero) is 2. The van der Waals surface area contributed by atoms with Crippen LogP contribution in [0.4, 0.5) is 0 Å². The average Bonchev–Trinajstić information content (AvgIpc) is 2.79. The number of nitrogens with zero attached hydrogens (tertiary/aromatic N) is 1. The Morgan fingerprint density at radius 1 is 1.22 bits per heavy atom. The molecule has 0 N–H and O–H groups in total. The van der Waals surface area contributed by atoms with E-state index in [1.54, 1.807) is 0 Å². The molecule has 2 aromatic rings. The van der Waals surface area contributed by atoms with Gasteiger partial charge in [-0.25, -0.2) is 4.98 Å². The Morgan fingerprint density at radius 2 is 1.87 bits per heavy atom. The van der Waals surface area contributed by atoms with Crippen LogP contribution in [0.25, 0.3) is 10.6 Å². The van der Waals surface area contributed by atoms with Crippen LogP contribution in [0, 0.1) is 12.3 Å². The zero-order valence-electron chi connectivity index (χ0n) is 13.4. The molecule has 0 saturated heterocycles. The third-order valence-corrected chi connectivity index (χ3v) is 5.40. The van der Waals surface area contributed by atoms with Gasteiger partial charge in [0.05, 0.1) is 5.69 Å². The third kappa shape index (κ3) is 3.24. The van der Waals surface area contributed by atoms with Crippen molar-refractivity contribution < 1.29 is 9.59 Å². The quantitative estimate of drug-likeness (QED) is 0.732. The molecule has 23 heavy (non-hydrogen) atoms. The third-order valence-electron chi connectivity index (χ3n) is 4.13. The number of hydrogen-bond acceptors (Lipinski definition) is 4. The number of thiazole rings is 1. The summed E-state index contributed by atoms with van der Waals surface area (Å²) in [7, 11) is 0. The number of aromatic nitrogens is 1. The molecule has 0 amide bonds. The first-order valence-electron chi connectivity index (χ1n) is 7.55. The minimum absolute atomic E-state index is 0.0164. The van der Waals surface area contributed by atoms with E-state index in [0.29, 0.717) is 23.6 Å². The maximum absolute atomic E-state index is 12.5. The van der Waals surface area contributed by atoms with Gasteiger partial charge in [0.25, 0.3) is 0 Å². The monoisotopic (exact) mass is 347 g/mol. The number of aryl methyl sites for hydroxylation is 1. The molecule has 1 aromatic heterocycles. The SMILES string of the molecule is Cc1sc(-c2cccc(Cl)c2)nc1C1C(=O)CC(C)(C)CC1=O. The average molecular weight is 348 g/mol. The van der Waals surface area contributed by atoms with Gasteiger partial charge in [-0.1, -0.05) is 37.6 Å². The van der Waals surface area contributed by atoms with Gasteiger partial charge in [-0.05, 0) is 24.5 Å². The molecule has 120 valence electrons. The zero-order valence-corrected chi connectivity index (χ0v) is 14.9. The highest BCUT2D eigenvalue weighted by molar-refractivity contribution is 7.15. The highest BCUT2D eigenvalue weighted by Gasteiger charge is 2.42. The highest BCUT2D eigenvalue weighted by atomic mass is 35.5. The predicted molar refractivity (Wildman–Crippen MR) is 93.1 cm³/mol. The summed E-state index contributed by atoms with van der Waals surface area (Å²) in [5.41, 5.74) is 1.29. The lowest BCUT2D eigenvalue weighted by Crippen LogP contribution is -2.36. The lowest BCUT2D eigenvalue weighted by Gasteiger charge is -2.31. The van der Waals surface area contributed by atoms with Crippen LogP contribution in [0.5, 0.6) is 0 Å². The minimum atomic E-state index is -0.702. The number of hydrogen-bond donors (Lipinski definition) is 0. The molecular weight excluding hydrogens is 330 g/mol. The fourth-order valence-electron chi connectivity index (χ4n) is 3.12. The summed E-state index contributed by atoms with van der Waals surface area (Å²) in [5, 5.41) is 1.44. The lowest BCUT2D eigenvalue weighted by molar-refractivity contribution is -0.135. The van der Waals surface area contributed by atoms with E-state index < -0.39 is 5.92 Å². The van der Waals surface area contributed by atoms with Crippen LogP contribution < -0.4 is 0 Å². The molecule has 1 aliphatic rings. The second-order valence-corrected chi connectivity index (χ2v) is 8.49. The van der Waals surface area contributed by atoms with Crippen molar-refractivity contribution in [1.82, 2.24) is 4.98 Å². The topological polar surface area (TPSA) is 47.0 Å². The summed E-state index contributed by atoms with van der Waals surface area (Å²) < 4.78 is 0. The Hall–Kier alpha value is -1.52. The Balaban J connectivity index is 1.98. The highest BCUT2D eigenvalue weighted by Crippen LogP contribution is 2.40. The molecule has 1 aromatic carbocycles. The maximum atomic E-state index is 12.5. The molecule has 1 heterocycles.